The van der Waals surface area contributed by atoms with Crippen LogP contribution in [0.3, 0.4) is 0 Å². The highest BCUT2D eigenvalue weighted by Crippen LogP contribution is 2.23. The van der Waals surface area contributed by atoms with Gasteiger partial charge in [0.05, 0.1) is 11.1 Å². The fourth-order valence-electron chi connectivity index (χ4n) is 1.89. The van der Waals surface area contributed by atoms with E-state index in [1.54, 1.807) is 0 Å². The maximum absolute atomic E-state index is 12.1. The quantitative estimate of drug-likeness (QED) is 0.861. The van der Waals surface area contributed by atoms with Crippen LogP contribution >= 0.6 is 23.2 Å². The molecular weight excluding hydrogens is 311 g/mol. The van der Waals surface area contributed by atoms with Crippen molar-refractivity contribution in [1.29, 1.82) is 0 Å². The molecule has 0 spiro atoms. The molecular formula is C11H14Cl2N2O3S. The van der Waals surface area contributed by atoms with Crippen molar-refractivity contribution in [2.24, 2.45) is 5.92 Å². The number of rotatable bonds is 4. The van der Waals surface area contributed by atoms with Gasteiger partial charge in [0, 0.05) is 25.3 Å². The zero-order chi connectivity index (χ0) is 14.0. The van der Waals surface area contributed by atoms with E-state index in [9.17, 15) is 8.42 Å². The molecule has 2 heterocycles. The zero-order valence-electron chi connectivity index (χ0n) is 10.3. The third-order valence-electron chi connectivity index (χ3n) is 3.15. The number of nitrogens with one attached hydrogen (secondary N) is 1. The van der Waals surface area contributed by atoms with E-state index in [-0.39, 0.29) is 27.1 Å². The molecule has 1 aliphatic rings. The largest absolute Gasteiger partial charge is 0.378 e. The van der Waals surface area contributed by atoms with Crippen molar-refractivity contribution in [3.63, 3.8) is 0 Å². The highest BCUT2D eigenvalue weighted by Gasteiger charge is 2.26. The van der Waals surface area contributed by atoms with Crippen molar-refractivity contribution in [3.8, 4) is 0 Å². The van der Waals surface area contributed by atoms with Crippen molar-refractivity contribution in [1.82, 2.24) is 9.71 Å². The van der Waals surface area contributed by atoms with Gasteiger partial charge in [-0.1, -0.05) is 23.2 Å². The number of nitrogens with zero attached hydrogens (tertiary/aromatic N) is 1. The SMILES string of the molecule is CC1OCCC1CNS(=O)(=O)c1cnc(Cl)c(Cl)c1. The molecule has 0 aliphatic carbocycles. The molecule has 0 bridgehead atoms. The molecule has 2 unspecified atom stereocenters. The van der Waals surface area contributed by atoms with Crippen LogP contribution in [0.1, 0.15) is 13.3 Å². The summed E-state index contributed by atoms with van der Waals surface area (Å²) in [5.74, 6) is 0.186. The zero-order valence-corrected chi connectivity index (χ0v) is 12.6. The van der Waals surface area contributed by atoms with E-state index in [1.807, 2.05) is 6.92 Å². The van der Waals surface area contributed by atoms with E-state index in [2.05, 4.69) is 9.71 Å². The Morgan fingerprint density at radius 1 is 1.53 bits per heavy atom. The van der Waals surface area contributed by atoms with E-state index in [1.165, 1.54) is 12.3 Å². The van der Waals surface area contributed by atoms with Gasteiger partial charge in [-0.15, -0.1) is 0 Å². The first kappa shape index (κ1) is 15.0. The number of sulfonamides is 1. The van der Waals surface area contributed by atoms with Crippen molar-refractivity contribution in [2.75, 3.05) is 13.2 Å². The fraction of sp³-hybridized carbons (Fsp3) is 0.545. The number of ether oxygens (including phenoxy) is 1. The second-order valence-corrected chi connectivity index (χ2v) is 6.95. The molecule has 2 rings (SSSR count). The highest BCUT2D eigenvalue weighted by molar-refractivity contribution is 7.89. The van der Waals surface area contributed by atoms with Crippen LogP contribution in [0.25, 0.3) is 0 Å². The van der Waals surface area contributed by atoms with Gasteiger partial charge >= 0.3 is 0 Å². The second kappa shape index (κ2) is 5.93. The number of pyridine rings is 1. The third kappa shape index (κ3) is 3.58. The Labute approximate surface area is 122 Å². The molecule has 1 aliphatic heterocycles. The summed E-state index contributed by atoms with van der Waals surface area (Å²) in [6.45, 7) is 2.94. The van der Waals surface area contributed by atoms with E-state index in [0.29, 0.717) is 13.2 Å². The Balaban J connectivity index is 2.07. The topological polar surface area (TPSA) is 68.3 Å². The molecule has 1 saturated heterocycles. The Morgan fingerprint density at radius 3 is 2.84 bits per heavy atom. The molecule has 0 aromatic carbocycles. The van der Waals surface area contributed by atoms with Crippen LogP contribution < -0.4 is 4.72 Å². The van der Waals surface area contributed by atoms with Gasteiger partial charge in [0.1, 0.15) is 10.0 Å². The average Bonchev–Trinajstić information content (AvgIpc) is 2.76. The maximum atomic E-state index is 12.1. The third-order valence-corrected chi connectivity index (χ3v) is 5.23. The molecule has 1 N–H and O–H groups in total. The number of hydrogen-bond acceptors (Lipinski definition) is 4. The van der Waals surface area contributed by atoms with Crippen molar-refractivity contribution < 1.29 is 13.2 Å². The van der Waals surface area contributed by atoms with Gasteiger partial charge in [0.15, 0.2) is 0 Å². The first-order chi connectivity index (χ1) is 8.90. The fourth-order valence-corrected chi connectivity index (χ4v) is 3.29. The highest BCUT2D eigenvalue weighted by atomic mass is 35.5. The summed E-state index contributed by atoms with van der Waals surface area (Å²) in [7, 11) is -3.62. The van der Waals surface area contributed by atoms with E-state index in [0.717, 1.165) is 6.42 Å². The standard InChI is InChI=1S/C11H14Cl2N2O3S/c1-7-8(2-3-18-7)5-15-19(16,17)9-4-10(12)11(13)14-6-9/h4,6-8,15H,2-3,5H2,1H3. The summed E-state index contributed by atoms with van der Waals surface area (Å²) in [4.78, 5) is 3.74. The van der Waals surface area contributed by atoms with E-state index >= 15 is 0 Å². The predicted molar refractivity (Wildman–Crippen MR) is 73.0 cm³/mol. The normalized spacial score (nSPS) is 23.7. The number of halogens is 2. The molecule has 1 fully saturated rings. The Morgan fingerprint density at radius 2 is 2.26 bits per heavy atom. The molecule has 19 heavy (non-hydrogen) atoms. The van der Waals surface area contributed by atoms with Gasteiger partial charge in [-0.2, -0.15) is 0 Å². The summed E-state index contributed by atoms with van der Waals surface area (Å²) in [5.41, 5.74) is 0. The number of hydrogen-bond donors (Lipinski definition) is 1. The summed E-state index contributed by atoms with van der Waals surface area (Å²) >= 11 is 11.4. The van der Waals surface area contributed by atoms with Gasteiger partial charge in [0.2, 0.25) is 10.0 Å². The van der Waals surface area contributed by atoms with Gasteiger partial charge < -0.3 is 4.74 Å². The Kier molecular flexibility index (Phi) is 4.68. The van der Waals surface area contributed by atoms with Crippen LogP contribution in [0.15, 0.2) is 17.2 Å². The van der Waals surface area contributed by atoms with Gasteiger partial charge in [-0.3, -0.25) is 0 Å². The smallest absolute Gasteiger partial charge is 0.242 e. The second-order valence-electron chi connectivity index (χ2n) is 4.42. The molecule has 0 radical (unpaired) electrons. The summed E-state index contributed by atoms with van der Waals surface area (Å²) in [5, 5.41) is 0.195. The molecule has 0 saturated carbocycles. The lowest BCUT2D eigenvalue weighted by atomic mass is 10.0. The molecule has 8 heteroatoms. The lowest BCUT2D eigenvalue weighted by molar-refractivity contribution is 0.107. The van der Waals surface area contributed by atoms with Crippen LogP contribution in [0, 0.1) is 5.92 Å². The van der Waals surface area contributed by atoms with E-state index < -0.39 is 10.0 Å². The lowest BCUT2D eigenvalue weighted by Gasteiger charge is -2.14. The van der Waals surface area contributed by atoms with Crippen LogP contribution in [-0.4, -0.2) is 32.7 Å². The summed E-state index contributed by atoms with van der Waals surface area (Å²) in [6.07, 6.45) is 2.10. The molecule has 2 atom stereocenters. The average molecular weight is 325 g/mol. The van der Waals surface area contributed by atoms with E-state index in [4.69, 9.17) is 27.9 Å². The minimum absolute atomic E-state index is 0.00784. The van der Waals surface area contributed by atoms with Crippen LogP contribution in [0.4, 0.5) is 0 Å². The van der Waals surface area contributed by atoms with Crippen molar-refractivity contribution >= 4 is 33.2 Å². The maximum Gasteiger partial charge on any atom is 0.242 e. The predicted octanol–water partition coefficient (Wildman–Crippen LogP) is 2.09. The summed E-state index contributed by atoms with van der Waals surface area (Å²) in [6, 6.07) is 1.29. The monoisotopic (exact) mass is 324 g/mol. The van der Waals surface area contributed by atoms with Crippen molar-refractivity contribution in [2.45, 2.75) is 24.3 Å². The lowest BCUT2D eigenvalue weighted by Crippen LogP contribution is -2.32. The van der Waals surface area contributed by atoms with Gasteiger partial charge in [-0.05, 0) is 19.4 Å². The Hall–Kier alpha value is -0.400. The first-order valence-corrected chi connectivity index (χ1v) is 8.06. The first-order valence-electron chi connectivity index (χ1n) is 5.82. The molecule has 1 aromatic heterocycles. The van der Waals surface area contributed by atoms with Crippen LogP contribution in [-0.2, 0) is 14.8 Å². The molecule has 5 nitrogen and oxygen atoms in total. The van der Waals surface area contributed by atoms with Crippen LogP contribution in [0.2, 0.25) is 10.2 Å². The van der Waals surface area contributed by atoms with Crippen LogP contribution in [0.5, 0.6) is 0 Å². The molecule has 0 amide bonds. The number of aromatic nitrogens is 1. The minimum Gasteiger partial charge on any atom is -0.378 e. The molecule has 106 valence electrons. The minimum atomic E-state index is -3.62. The molecule has 1 aromatic rings. The summed E-state index contributed by atoms with van der Waals surface area (Å²) < 4.78 is 32.1. The van der Waals surface area contributed by atoms with Gasteiger partial charge in [0.25, 0.3) is 0 Å². The van der Waals surface area contributed by atoms with Gasteiger partial charge in [-0.25, -0.2) is 18.1 Å². The van der Waals surface area contributed by atoms with Crippen molar-refractivity contribution in [3.05, 3.63) is 22.4 Å². The Bertz CT molecular complexity index is 565.